The van der Waals surface area contributed by atoms with Gasteiger partial charge in [0.25, 0.3) is 0 Å². The van der Waals surface area contributed by atoms with E-state index in [0.717, 1.165) is 24.0 Å². The van der Waals surface area contributed by atoms with Gasteiger partial charge in [0.05, 0.1) is 10.4 Å². The van der Waals surface area contributed by atoms with Crippen molar-refractivity contribution < 1.29 is 8.42 Å². The van der Waals surface area contributed by atoms with E-state index in [0.29, 0.717) is 16.8 Å². The molecule has 0 bridgehead atoms. The average Bonchev–Trinajstić information content (AvgIpc) is 2.91. The van der Waals surface area contributed by atoms with Crippen molar-refractivity contribution >= 4 is 20.9 Å². The highest BCUT2D eigenvalue weighted by Crippen LogP contribution is 2.24. The number of sulfonamides is 1. The number of pyridine rings is 1. The monoisotopic (exact) mass is 291 g/mol. The van der Waals surface area contributed by atoms with Gasteiger partial charge in [-0.05, 0) is 43.7 Å². The van der Waals surface area contributed by atoms with Crippen molar-refractivity contribution in [2.75, 3.05) is 13.1 Å². The molecule has 1 aliphatic rings. The third-order valence-electron chi connectivity index (χ3n) is 3.60. The number of hydrogen-bond acceptors (Lipinski definition) is 4. The van der Waals surface area contributed by atoms with Gasteiger partial charge in [-0.25, -0.2) is 13.1 Å². The summed E-state index contributed by atoms with van der Waals surface area (Å²) in [6.45, 7) is 3.46. The molecule has 1 aliphatic heterocycles. The first kappa shape index (κ1) is 13.5. The van der Waals surface area contributed by atoms with E-state index in [-0.39, 0.29) is 6.04 Å². The highest BCUT2D eigenvalue weighted by molar-refractivity contribution is 7.89. The zero-order chi connectivity index (χ0) is 14.2. The lowest BCUT2D eigenvalue weighted by molar-refractivity contribution is 0.561. The third kappa shape index (κ3) is 2.42. The lowest BCUT2D eigenvalue weighted by Gasteiger charge is -2.14. The zero-order valence-corrected chi connectivity index (χ0v) is 12.1. The standard InChI is InChI=1S/C14H17N3O2S/c1-10-4-5-13(12-3-2-7-16-14(10)12)20(18,19)17-11-6-8-15-9-11/h2-5,7,11,15,17H,6,8-9H2,1H3. The fourth-order valence-electron chi connectivity index (χ4n) is 2.56. The fourth-order valence-corrected chi connectivity index (χ4v) is 4.03. The van der Waals surface area contributed by atoms with Crippen molar-refractivity contribution in [1.82, 2.24) is 15.0 Å². The predicted octanol–water partition coefficient (Wildman–Crippen LogP) is 1.18. The third-order valence-corrected chi connectivity index (χ3v) is 5.18. The molecule has 2 aromatic rings. The number of fused-ring (bicyclic) bond motifs is 1. The molecule has 106 valence electrons. The first-order valence-corrected chi connectivity index (χ1v) is 8.13. The van der Waals surface area contributed by atoms with Gasteiger partial charge in [0.1, 0.15) is 0 Å². The van der Waals surface area contributed by atoms with Crippen LogP contribution in [0.1, 0.15) is 12.0 Å². The Morgan fingerprint density at radius 2 is 2.20 bits per heavy atom. The van der Waals surface area contributed by atoms with E-state index in [9.17, 15) is 8.42 Å². The highest BCUT2D eigenvalue weighted by Gasteiger charge is 2.24. The van der Waals surface area contributed by atoms with Gasteiger partial charge in [0, 0.05) is 24.2 Å². The van der Waals surface area contributed by atoms with Gasteiger partial charge in [-0.2, -0.15) is 0 Å². The van der Waals surface area contributed by atoms with Crippen LogP contribution < -0.4 is 10.0 Å². The largest absolute Gasteiger partial charge is 0.315 e. The normalized spacial score (nSPS) is 19.6. The van der Waals surface area contributed by atoms with Gasteiger partial charge < -0.3 is 5.32 Å². The van der Waals surface area contributed by atoms with Gasteiger partial charge in [-0.3, -0.25) is 4.98 Å². The molecule has 1 aromatic carbocycles. The van der Waals surface area contributed by atoms with E-state index in [1.54, 1.807) is 30.5 Å². The van der Waals surface area contributed by atoms with Crippen LogP contribution in [-0.4, -0.2) is 32.5 Å². The Morgan fingerprint density at radius 3 is 2.95 bits per heavy atom. The van der Waals surface area contributed by atoms with Crippen molar-refractivity contribution in [3.63, 3.8) is 0 Å². The molecule has 0 amide bonds. The molecule has 1 atom stereocenters. The first-order chi connectivity index (χ1) is 9.58. The number of nitrogens with one attached hydrogen (secondary N) is 2. The van der Waals surface area contributed by atoms with Crippen molar-refractivity contribution in [1.29, 1.82) is 0 Å². The molecule has 6 heteroatoms. The molecule has 2 heterocycles. The van der Waals surface area contributed by atoms with Crippen LogP contribution in [0.15, 0.2) is 35.4 Å². The van der Waals surface area contributed by atoms with Crippen LogP contribution in [0.5, 0.6) is 0 Å². The van der Waals surface area contributed by atoms with Crippen molar-refractivity contribution in [2.45, 2.75) is 24.3 Å². The molecule has 0 radical (unpaired) electrons. The quantitative estimate of drug-likeness (QED) is 0.891. The predicted molar refractivity (Wildman–Crippen MR) is 78.1 cm³/mol. The van der Waals surface area contributed by atoms with Gasteiger partial charge in [0.2, 0.25) is 10.0 Å². The van der Waals surface area contributed by atoms with Crippen LogP contribution in [0, 0.1) is 6.92 Å². The first-order valence-electron chi connectivity index (χ1n) is 6.65. The summed E-state index contributed by atoms with van der Waals surface area (Å²) in [5, 5.41) is 3.83. The maximum atomic E-state index is 12.5. The Labute approximate surface area is 118 Å². The molecule has 0 saturated carbocycles. The van der Waals surface area contributed by atoms with Gasteiger partial charge >= 0.3 is 0 Å². The summed E-state index contributed by atoms with van der Waals surface area (Å²) in [6, 6.07) is 6.99. The van der Waals surface area contributed by atoms with Crippen LogP contribution in [-0.2, 0) is 10.0 Å². The van der Waals surface area contributed by atoms with E-state index < -0.39 is 10.0 Å². The molecule has 0 spiro atoms. The summed E-state index contributed by atoms with van der Waals surface area (Å²) in [5.41, 5.74) is 1.71. The lowest BCUT2D eigenvalue weighted by atomic mass is 10.1. The molecular formula is C14H17N3O2S. The van der Waals surface area contributed by atoms with E-state index >= 15 is 0 Å². The topological polar surface area (TPSA) is 71.1 Å². The molecule has 1 unspecified atom stereocenters. The van der Waals surface area contributed by atoms with Crippen molar-refractivity contribution in [3.8, 4) is 0 Å². The van der Waals surface area contributed by atoms with Crippen molar-refractivity contribution in [2.24, 2.45) is 0 Å². The Morgan fingerprint density at radius 1 is 1.35 bits per heavy atom. The summed E-state index contributed by atoms with van der Waals surface area (Å²) in [6.07, 6.45) is 2.50. The van der Waals surface area contributed by atoms with E-state index in [1.165, 1.54) is 0 Å². The summed E-state index contributed by atoms with van der Waals surface area (Å²) in [5.74, 6) is 0. The summed E-state index contributed by atoms with van der Waals surface area (Å²) < 4.78 is 27.9. The summed E-state index contributed by atoms with van der Waals surface area (Å²) >= 11 is 0. The lowest BCUT2D eigenvalue weighted by Crippen LogP contribution is -2.36. The Balaban J connectivity index is 2.07. The maximum absolute atomic E-state index is 12.5. The number of aromatic nitrogens is 1. The molecule has 1 saturated heterocycles. The average molecular weight is 291 g/mol. The second kappa shape index (κ2) is 5.12. The maximum Gasteiger partial charge on any atom is 0.241 e. The molecule has 3 rings (SSSR count). The second-order valence-corrected chi connectivity index (χ2v) is 6.77. The Kier molecular flexibility index (Phi) is 3.45. The number of rotatable bonds is 3. The SMILES string of the molecule is Cc1ccc(S(=O)(=O)NC2CCNC2)c2cccnc12. The Bertz CT molecular complexity index is 737. The summed E-state index contributed by atoms with van der Waals surface area (Å²) in [4.78, 5) is 4.59. The number of nitrogens with zero attached hydrogens (tertiary/aromatic N) is 1. The minimum atomic E-state index is -3.52. The number of benzene rings is 1. The minimum Gasteiger partial charge on any atom is -0.315 e. The highest BCUT2D eigenvalue weighted by atomic mass is 32.2. The van der Waals surface area contributed by atoms with Crippen LogP contribution in [0.3, 0.4) is 0 Å². The Hall–Kier alpha value is -1.50. The van der Waals surface area contributed by atoms with E-state index in [2.05, 4.69) is 15.0 Å². The zero-order valence-electron chi connectivity index (χ0n) is 11.3. The van der Waals surface area contributed by atoms with Crippen LogP contribution in [0.25, 0.3) is 10.9 Å². The molecule has 0 aliphatic carbocycles. The summed E-state index contributed by atoms with van der Waals surface area (Å²) in [7, 11) is -3.52. The van der Waals surface area contributed by atoms with Gasteiger partial charge in [0.15, 0.2) is 0 Å². The molecule has 5 nitrogen and oxygen atoms in total. The molecule has 20 heavy (non-hydrogen) atoms. The van der Waals surface area contributed by atoms with Gasteiger partial charge in [-0.1, -0.05) is 6.07 Å². The van der Waals surface area contributed by atoms with E-state index in [1.807, 2.05) is 6.92 Å². The van der Waals surface area contributed by atoms with Gasteiger partial charge in [-0.15, -0.1) is 0 Å². The van der Waals surface area contributed by atoms with Crippen LogP contribution in [0.2, 0.25) is 0 Å². The van der Waals surface area contributed by atoms with Crippen molar-refractivity contribution in [3.05, 3.63) is 36.0 Å². The van der Waals surface area contributed by atoms with Crippen LogP contribution in [0.4, 0.5) is 0 Å². The molecule has 1 fully saturated rings. The number of aryl methyl sites for hydroxylation is 1. The molecular weight excluding hydrogens is 274 g/mol. The molecule has 2 N–H and O–H groups in total. The number of hydrogen-bond donors (Lipinski definition) is 2. The van der Waals surface area contributed by atoms with Crippen LogP contribution >= 0.6 is 0 Å². The smallest absolute Gasteiger partial charge is 0.241 e. The van der Waals surface area contributed by atoms with E-state index in [4.69, 9.17) is 0 Å². The molecule has 1 aromatic heterocycles. The fraction of sp³-hybridized carbons (Fsp3) is 0.357. The second-order valence-electron chi connectivity index (χ2n) is 5.09. The minimum absolute atomic E-state index is 0.0342.